The van der Waals surface area contributed by atoms with E-state index >= 15 is 0 Å². The van der Waals surface area contributed by atoms with Gasteiger partial charge in [-0.1, -0.05) is 37.6 Å². The Morgan fingerprint density at radius 1 is 1.17 bits per heavy atom. The van der Waals surface area contributed by atoms with Gasteiger partial charge in [0.25, 0.3) is 0 Å². The highest BCUT2D eigenvalue weighted by atomic mass is 35.5. The molecule has 0 bridgehead atoms. The highest BCUT2D eigenvalue weighted by Crippen LogP contribution is 2.19. The van der Waals surface area contributed by atoms with Crippen LogP contribution in [-0.2, 0) is 14.8 Å². The van der Waals surface area contributed by atoms with Gasteiger partial charge in [0.05, 0.1) is 5.02 Å². The van der Waals surface area contributed by atoms with Crippen molar-refractivity contribution < 1.29 is 13.2 Å². The molecule has 8 heteroatoms. The third-order valence-corrected chi connectivity index (χ3v) is 5.38. The molecule has 23 heavy (non-hydrogen) atoms. The van der Waals surface area contributed by atoms with Crippen molar-refractivity contribution >= 4 is 27.5 Å². The Labute approximate surface area is 143 Å². The molecule has 0 saturated carbocycles. The summed E-state index contributed by atoms with van der Waals surface area (Å²) in [4.78, 5) is 13.9. The molecule has 0 aliphatic rings. The van der Waals surface area contributed by atoms with Crippen LogP contribution in [0.2, 0.25) is 5.02 Å². The van der Waals surface area contributed by atoms with E-state index in [2.05, 4.69) is 28.8 Å². The van der Waals surface area contributed by atoms with E-state index in [1.807, 2.05) is 0 Å². The van der Waals surface area contributed by atoms with Gasteiger partial charge in [-0.05, 0) is 25.2 Å². The molecule has 0 fully saturated rings. The van der Waals surface area contributed by atoms with Crippen LogP contribution in [0.1, 0.15) is 20.3 Å². The van der Waals surface area contributed by atoms with Gasteiger partial charge in [-0.15, -0.1) is 0 Å². The van der Waals surface area contributed by atoms with Crippen molar-refractivity contribution in [1.82, 2.24) is 14.9 Å². The van der Waals surface area contributed by atoms with E-state index in [4.69, 9.17) is 11.6 Å². The molecule has 1 amide bonds. The first-order valence-electron chi connectivity index (χ1n) is 7.64. The summed E-state index contributed by atoms with van der Waals surface area (Å²) in [7, 11) is -3.70. The van der Waals surface area contributed by atoms with Crippen LogP contribution in [-0.4, -0.2) is 51.9 Å². The van der Waals surface area contributed by atoms with Crippen LogP contribution in [0.15, 0.2) is 29.2 Å². The van der Waals surface area contributed by atoms with E-state index in [0.29, 0.717) is 6.54 Å². The molecular weight excluding hydrogens is 338 g/mol. The van der Waals surface area contributed by atoms with Gasteiger partial charge >= 0.3 is 0 Å². The predicted octanol–water partition coefficient (Wildman–Crippen LogP) is 1.47. The van der Waals surface area contributed by atoms with Gasteiger partial charge < -0.3 is 10.2 Å². The fourth-order valence-electron chi connectivity index (χ4n) is 2.02. The molecule has 0 aliphatic heterocycles. The molecule has 130 valence electrons. The van der Waals surface area contributed by atoms with Crippen LogP contribution in [0.25, 0.3) is 0 Å². The maximum absolute atomic E-state index is 12.1. The van der Waals surface area contributed by atoms with Crippen LogP contribution in [0.3, 0.4) is 0 Å². The molecule has 0 radical (unpaired) electrons. The second-order valence-electron chi connectivity index (χ2n) is 4.96. The number of nitrogens with one attached hydrogen (secondary N) is 2. The van der Waals surface area contributed by atoms with E-state index in [1.54, 1.807) is 12.1 Å². The van der Waals surface area contributed by atoms with Crippen molar-refractivity contribution in [2.45, 2.75) is 25.2 Å². The zero-order valence-electron chi connectivity index (χ0n) is 13.5. The van der Waals surface area contributed by atoms with Gasteiger partial charge in [-0.25, -0.2) is 13.1 Å². The number of nitrogens with zero attached hydrogens (tertiary/aromatic N) is 1. The van der Waals surface area contributed by atoms with Crippen LogP contribution in [0.5, 0.6) is 0 Å². The van der Waals surface area contributed by atoms with E-state index < -0.39 is 10.0 Å². The molecule has 0 saturated heterocycles. The highest BCUT2D eigenvalue weighted by molar-refractivity contribution is 7.89. The minimum atomic E-state index is -3.70. The molecule has 1 aromatic carbocycles. The number of hydrogen-bond donors (Lipinski definition) is 2. The normalized spacial score (nSPS) is 11.7. The van der Waals surface area contributed by atoms with Crippen LogP contribution >= 0.6 is 11.6 Å². The first-order chi connectivity index (χ1) is 10.9. The van der Waals surface area contributed by atoms with Crippen molar-refractivity contribution in [3.8, 4) is 0 Å². The number of rotatable bonds is 10. The Bertz CT molecular complexity index is 604. The molecule has 6 nitrogen and oxygen atoms in total. The molecule has 0 unspecified atom stereocenters. The third-order valence-electron chi connectivity index (χ3n) is 3.41. The summed E-state index contributed by atoms with van der Waals surface area (Å²) in [5.74, 6) is -0.181. The fraction of sp³-hybridized carbons (Fsp3) is 0.533. The van der Waals surface area contributed by atoms with E-state index in [0.717, 1.165) is 19.6 Å². The molecule has 0 spiro atoms. The molecule has 0 atom stereocenters. The quantitative estimate of drug-likeness (QED) is 0.661. The Morgan fingerprint density at radius 3 is 2.43 bits per heavy atom. The second-order valence-corrected chi connectivity index (χ2v) is 7.10. The first-order valence-corrected chi connectivity index (χ1v) is 9.50. The van der Waals surface area contributed by atoms with Crippen LogP contribution < -0.4 is 10.0 Å². The van der Waals surface area contributed by atoms with Gasteiger partial charge in [0.2, 0.25) is 15.9 Å². The topological polar surface area (TPSA) is 78.5 Å². The standard InChI is InChI=1S/C15H24ClN3O3S/c1-3-19(4-2)12-11-17-15(20)9-10-18-23(21,22)14-8-6-5-7-13(14)16/h5-8,18H,3-4,9-12H2,1-2H3,(H,17,20). The average molecular weight is 362 g/mol. The van der Waals surface area contributed by atoms with E-state index in [-0.39, 0.29) is 28.8 Å². The summed E-state index contributed by atoms with van der Waals surface area (Å²) >= 11 is 5.87. The summed E-state index contributed by atoms with van der Waals surface area (Å²) in [5.41, 5.74) is 0. The van der Waals surface area contributed by atoms with Crippen molar-refractivity contribution in [2.24, 2.45) is 0 Å². The Kier molecular flexibility index (Phi) is 8.54. The minimum Gasteiger partial charge on any atom is -0.355 e. The maximum atomic E-state index is 12.1. The lowest BCUT2D eigenvalue weighted by molar-refractivity contribution is -0.120. The molecule has 2 N–H and O–H groups in total. The number of halogens is 1. The fourth-order valence-corrected chi connectivity index (χ4v) is 3.57. The lowest BCUT2D eigenvalue weighted by Crippen LogP contribution is -2.36. The smallest absolute Gasteiger partial charge is 0.242 e. The summed E-state index contributed by atoms with van der Waals surface area (Å²) in [6, 6.07) is 6.19. The lowest BCUT2D eigenvalue weighted by Gasteiger charge is -2.17. The van der Waals surface area contributed by atoms with Crippen LogP contribution in [0.4, 0.5) is 0 Å². The number of likely N-dealkylation sites (N-methyl/N-ethyl adjacent to an activating group) is 1. The van der Waals surface area contributed by atoms with Gasteiger partial charge in [0, 0.05) is 26.1 Å². The van der Waals surface area contributed by atoms with Gasteiger partial charge in [-0.3, -0.25) is 4.79 Å². The average Bonchev–Trinajstić information content (AvgIpc) is 2.51. The largest absolute Gasteiger partial charge is 0.355 e. The summed E-state index contributed by atoms with van der Waals surface area (Å²) < 4.78 is 26.5. The highest BCUT2D eigenvalue weighted by Gasteiger charge is 2.17. The number of amides is 1. The van der Waals surface area contributed by atoms with Crippen molar-refractivity contribution in [1.29, 1.82) is 0 Å². The number of hydrogen-bond acceptors (Lipinski definition) is 4. The molecule has 1 aromatic rings. The first kappa shape index (κ1) is 19.9. The molecular formula is C15H24ClN3O3S. The number of sulfonamides is 1. The molecule has 0 aromatic heterocycles. The van der Waals surface area contributed by atoms with Gasteiger partial charge in [0.15, 0.2) is 0 Å². The SMILES string of the molecule is CCN(CC)CCNC(=O)CCNS(=O)(=O)c1ccccc1Cl. The Hall–Kier alpha value is -1.15. The summed E-state index contributed by atoms with van der Waals surface area (Å²) in [6.45, 7) is 7.37. The Morgan fingerprint density at radius 2 is 1.83 bits per heavy atom. The predicted molar refractivity (Wildman–Crippen MR) is 92.1 cm³/mol. The number of benzene rings is 1. The molecule has 1 rings (SSSR count). The number of carbonyl (C=O) groups is 1. The van der Waals surface area contributed by atoms with Gasteiger partial charge in [0.1, 0.15) is 4.90 Å². The van der Waals surface area contributed by atoms with E-state index in [1.165, 1.54) is 12.1 Å². The second kappa shape index (κ2) is 9.87. The van der Waals surface area contributed by atoms with Gasteiger partial charge in [-0.2, -0.15) is 0 Å². The number of carbonyl (C=O) groups excluding carboxylic acids is 1. The van der Waals surface area contributed by atoms with Crippen molar-refractivity contribution in [2.75, 3.05) is 32.7 Å². The monoisotopic (exact) mass is 361 g/mol. The zero-order valence-corrected chi connectivity index (χ0v) is 15.1. The Balaban J connectivity index is 2.36. The lowest BCUT2D eigenvalue weighted by atomic mass is 10.4. The van der Waals surface area contributed by atoms with Crippen molar-refractivity contribution in [3.05, 3.63) is 29.3 Å². The van der Waals surface area contributed by atoms with Crippen LogP contribution in [0, 0.1) is 0 Å². The summed E-state index contributed by atoms with van der Waals surface area (Å²) in [5, 5.41) is 2.93. The van der Waals surface area contributed by atoms with E-state index in [9.17, 15) is 13.2 Å². The maximum Gasteiger partial charge on any atom is 0.242 e. The minimum absolute atomic E-state index is 0.0172. The third kappa shape index (κ3) is 6.87. The molecule has 0 aliphatic carbocycles. The molecule has 0 heterocycles. The van der Waals surface area contributed by atoms with Crippen molar-refractivity contribution in [3.63, 3.8) is 0 Å². The summed E-state index contributed by atoms with van der Waals surface area (Å²) in [6.07, 6.45) is 0.0853. The zero-order chi connectivity index (χ0) is 17.3.